The molecule has 0 spiro atoms. The minimum Gasteiger partial charge on any atom is -0.480 e. The van der Waals surface area contributed by atoms with Gasteiger partial charge in [-0.05, 0) is 17.5 Å². The van der Waals surface area contributed by atoms with Gasteiger partial charge in [0.15, 0.2) is 0 Å². The van der Waals surface area contributed by atoms with Crippen LogP contribution in [0, 0.1) is 0 Å². The number of hydrogen-bond donors (Lipinski definition) is 0. The molecule has 1 aromatic heterocycles. The van der Waals surface area contributed by atoms with Gasteiger partial charge >= 0.3 is 6.01 Å². The standard InChI is InChI=1S/C14H16N2O2.C2H6/c1-4-10-5-7-11(8-6-10)12-9-15-14(18-3)16-13(12)17-2;1-2/h5-9H,4H2,1-3H3;1-2H3. The molecule has 4 heteroatoms. The molecule has 4 nitrogen and oxygen atoms in total. The molecule has 1 heterocycles. The lowest BCUT2D eigenvalue weighted by Gasteiger charge is -2.08. The molecule has 20 heavy (non-hydrogen) atoms. The van der Waals surface area contributed by atoms with E-state index in [2.05, 4.69) is 29.0 Å². The number of ether oxygens (including phenoxy) is 2. The third kappa shape index (κ3) is 3.70. The van der Waals surface area contributed by atoms with Crippen LogP contribution in [0.15, 0.2) is 30.5 Å². The molecular weight excluding hydrogens is 252 g/mol. The molecule has 1 aromatic carbocycles. The molecule has 0 unspecified atom stereocenters. The molecule has 108 valence electrons. The van der Waals surface area contributed by atoms with Gasteiger partial charge < -0.3 is 9.47 Å². The molecule has 0 atom stereocenters. The van der Waals surface area contributed by atoms with Crippen LogP contribution in [0.2, 0.25) is 0 Å². The maximum atomic E-state index is 5.27. The second-order valence-corrected chi connectivity index (χ2v) is 3.83. The monoisotopic (exact) mass is 274 g/mol. The first-order chi connectivity index (χ1) is 9.78. The van der Waals surface area contributed by atoms with Gasteiger partial charge in [-0.1, -0.05) is 45.0 Å². The highest BCUT2D eigenvalue weighted by atomic mass is 16.5. The van der Waals surface area contributed by atoms with Gasteiger partial charge in [-0.3, -0.25) is 0 Å². The number of aryl methyl sites for hydroxylation is 1. The van der Waals surface area contributed by atoms with Crippen LogP contribution in [0.3, 0.4) is 0 Å². The van der Waals surface area contributed by atoms with Gasteiger partial charge in [-0.15, -0.1) is 0 Å². The molecule has 0 saturated carbocycles. The van der Waals surface area contributed by atoms with E-state index < -0.39 is 0 Å². The van der Waals surface area contributed by atoms with Crippen molar-refractivity contribution in [2.45, 2.75) is 27.2 Å². The van der Waals surface area contributed by atoms with Crippen LogP contribution in [-0.4, -0.2) is 24.2 Å². The van der Waals surface area contributed by atoms with E-state index in [0.29, 0.717) is 11.9 Å². The van der Waals surface area contributed by atoms with Gasteiger partial charge in [0.05, 0.1) is 19.8 Å². The Morgan fingerprint density at radius 3 is 2.15 bits per heavy atom. The summed E-state index contributed by atoms with van der Waals surface area (Å²) in [5, 5.41) is 0. The van der Waals surface area contributed by atoms with E-state index in [4.69, 9.17) is 9.47 Å². The van der Waals surface area contributed by atoms with Crippen molar-refractivity contribution in [2.75, 3.05) is 14.2 Å². The van der Waals surface area contributed by atoms with E-state index in [1.807, 2.05) is 26.0 Å². The van der Waals surface area contributed by atoms with Gasteiger partial charge in [0.25, 0.3) is 0 Å². The third-order valence-corrected chi connectivity index (χ3v) is 2.78. The van der Waals surface area contributed by atoms with Gasteiger partial charge in [-0.25, -0.2) is 4.98 Å². The van der Waals surface area contributed by atoms with Crippen molar-refractivity contribution >= 4 is 0 Å². The second kappa shape index (κ2) is 8.15. The zero-order chi connectivity index (χ0) is 15.0. The predicted octanol–water partition coefficient (Wildman–Crippen LogP) is 3.75. The summed E-state index contributed by atoms with van der Waals surface area (Å²) >= 11 is 0. The van der Waals surface area contributed by atoms with Gasteiger partial charge in [-0.2, -0.15) is 4.98 Å². The quantitative estimate of drug-likeness (QED) is 0.851. The Labute approximate surface area is 120 Å². The fourth-order valence-electron chi connectivity index (χ4n) is 1.72. The molecule has 2 aromatic rings. The Kier molecular flexibility index (Phi) is 6.50. The Morgan fingerprint density at radius 1 is 1.00 bits per heavy atom. The summed E-state index contributed by atoms with van der Waals surface area (Å²) in [5.41, 5.74) is 3.19. The molecule has 0 aliphatic heterocycles. The lowest BCUT2D eigenvalue weighted by atomic mass is 10.1. The van der Waals surface area contributed by atoms with Crippen LogP contribution in [-0.2, 0) is 6.42 Å². The third-order valence-electron chi connectivity index (χ3n) is 2.78. The summed E-state index contributed by atoms with van der Waals surface area (Å²) in [6.07, 6.45) is 2.74. The molecule has 0 bridgehead atoms. The summed E-state index contributed by atoms with van der Waals surface area (Å²) in [5.74, 6) is 0.520. The summed E-state index contributed by atoms with van der Waals surface area (Å²) in [4.78, 5) is 8.28. The van der Waals surface area contributed by atoms with Crippen LogP contribution < -0.4 is 9.47 Å². The van der Waals surface area contributed by atoms with E-state index in [-0.39, 0.29) is 0 Å². The number of benzene rings is 1. The van der Waals surface area contributed by atoms with Crippen LogP contribution >= 0.6 is 0 Å². The zero-order valence-electron chi connectivity index (χ0n) is 12.8. The largest absolute Gasteiger partial charge is 0.480 e. The van der Waals surface area contributed by atoms with Crippen molar-refractivity contribution in [3.05, 3.63) is 36.0 Å². The maximum absolute atomic E-state index is 5.27. The van der Waals surface area contributed by atoms with E-state index in [1.54, 1.807) is 13.3 Å². The first-order valence-electron chi connectivity index (χ1n) is 6.82. The van der Waals surface area contributed by atoms with Gasteiger partial charge in [0, 0.05) is 6.20 Å². The normalized spacial score (nSPS) is 9.45. The smallest absolute Gasteiger partial charge is 0.319 e. The van der Waals surface area contributed by atoms with Crippen molar-refractivity contribution in [3.63, 3.8) is 0 Å². The minimum absolute atomic E-state index is 0.306. The van der Waals surface area contributed by atoms with E-state index >= 15 is 0 Å². The first kappa shape index (κ1) is 16.0. The van der Waals surface area contributed by atoms with Gasteiger partial charge in [0.1, 0.15) is 0 Å². The summed E-state index contributed by atoms with van der Waals surface area (Å²) in [6.45, 7) is 6.13. The fraction of sp³-hybridized carbons (Fsp3) is 0.375. The van der Waals surface area contributed by atoms with Gasteiger partial charge in [0.2, 0.25) is 5.88 Å². The predicted molar refractivity (Wildman–Crippen MR) is 81.3 cm³/mol. The first-order valence-corrected chi connectivity index (χ1v) is 6.82. The molecule has 0 amide bonds. The Morgan fingerprint density at radius 2 is 1.65 bits per heavy atom. The Bertz CT molecular complexity index is 525. The van der Waals surface area contributed by atoms with Crippen molar-refractivity contribution in [3.8, 4) is 23.0 Å². The Hall–Kier alpha value is -2.10. The van der Waals surface area contributed by atoms with Crippen LogP contribution in [0.25, 0.3) is 11.1 Å². The lowest BCUT2D eigenvalue weighted by Crippen LogP contribution is -1.97. The van der Waals surface area contributed by atoms with Crippen LogP contribution in [0.5, 0.6) is 11.9 Å². The number of methoxy groups -OCH3 is 2. The molecule has 0 N–H and O–H groups in total. The maximum Gasteiger partial charge on any atom is 0.319 e. The highest BCUT2D eigenvalue weighted by Crippen LogP contribution is 2.28. The number of hydrogen-bond acceptors (Lipinski definition) is 4. The van der Waals surface area contributed by atoms with Crippen molar-refractivity contribution in [1.82, 2.24) is 9.97 Å². The Balaban J connectivity index is 0.000000956. The summed E-state index contributed by atoms with van der Waals surface area (Å²) in [6, 6.07) is 8.60. The SMILES string of the molecule is CC.CCc1ccc(-c2cnc(OC)nc2OC)cc1. The lowest BCUT2D eigenvalue weighted by molar-refractivity contribution is 0.353. The van der Waals surface area contributed by atoms with E-state index in [0.717, 1.165) is 17.5 Å². The highest BCUT2D eigenvalue weighted by molar-refractivity contribution is 5.68. The van der Waals surface area contributed by atoms with E-state index in [9.17, 15) is 0 Å². The van der Waals surface area contributed by atoms with E-state index in [1.165, 1.54) is 12.7 Å². The zero-order valence-corrected chi connectivity index (χ0v) is 12.8. The molecule has 0 fully saturated rings. The average molecular weight is 274 g/mol. The number of aromatic nitrogens is 2. The van der Waals surface area contributed by atoms with Crippen LogP contribution in [0.4, 0.5) is 0 Å². The topological polar surface area (TPSA) is 44.2 Å². The molecule has 0 saturated heterocycles. The average Bonchev–Trinajstić information content (AvgIpc) is 2.56. The summed E-state index contributed by atoms with van der Waals surface area (Å²) < 4.78 is 10.2. The summed E-state index contributed by atoms with van der Waals surface area (Å²) in [7, 11) is 3.12. The number of rotatable bonds is 4. The number of nitrogens with zero attached hydrogens (tertiary/aromatic N) is 2. The van der Waals surface area contributed by atoms with Crippen molar-refractivity contribution < 1.29 is 9.47 Å². The fourth-order valence-corrected chi connectivity index (χ4v) is 1.72. The van der Waals surface area contributed by atoms with Crippen molar-refractivity contribution in [2.24, 2.45) is 0 Å². The van der Waals surface area contributed by atoms with Crippen LogP contribution in [0.1, 0.15) is 26.3 Å². The molecule has 0 radical (unpaired) electrons. The molecule has 2 rings (SSSR count). The molecule has 0 aliphatic rings. The molecule has 0 aliphatic carbocycles. The second-order valence-electron chi connectivity index (χ2n) is 3.83. The molecular formula is C16H22N2O2. The van der Waals surface area contributed by atoms with Crippen molar-refractivity contribution in [1.29, 1.82) is 0 Å². The highest BCUT2D eigenvalue weighted by Gasteiger charge is 2.09. The minimum atomic E-state index is 0.306.